The number of carbonyl (C=O) groups excluding carboxylic acids is 1. The summed E-state index contributed by atoms with van der Waals surface area (Å²) >= 11 is 2.98. The molecule has 4 aromatic rings. The van der Waals surface area contributed by atoms with Crippen LogP contribution in [-0.4, -0.2) is 20.3 Å². The van der Waals surface area contributed by atoms with Gasteiger partial charge < -0.3 is 0 Å². The van der Waals surface area contributed by atoms with Crippen LogP contribution in [0.15, 0.2) is 46.8 Å². The van der Waals surface area contributed by atoms with Crippen LogP contribution < -0.4 is 5.56 Å². The number of Topliss-reactive ketones (excluding diaryl/α,β-unsaturated/α-hetero) is 1. The molecule has 7 nitrogen and oxygen atoms in total. The highest BCUT2D eigenvalue weighted by Gasteiger charge is 2.18. The number of fused-ring (bicyclic) bond motifs is 1. The van der Waals surface area contributed by atoms with Crippen molar-refractivity contribution in [3.63, 3.8) is 0 Å². The van der Waals surface area contributed by atoms with E-state index in [4.69, 9.17) is 0 Å². The molecule has 0 aliphatic rings. The molecule has 29 heavy (non-hydrogen) atoms. The number of thiophene rings is 2. The second-order valence-electron chi connectivity index (χ2n) is 6.60. The Hall–Kier alpha value is -3.17. The predicted octanol–water partition coefficient (Wildman–Crippen LogP) is 4.59. The molecule has 4 rings (SSSR count). The largest absolute Gasteiger partial charge is 0.292 e. The minimum Gasteiger partial charge on any atom is -0.292 e. The number of rotatable bonds is 5. The molecule has 0 aliphatic heterocycles. The molecule has 0 N–H and O–H groups in total. The van der Waals surface area contributed by atoms with Crippen LogP contribution in [0.2, 0.25) is 0 Å². The van der Waals surface area contributed by atoms with Crippen LogP contribution in [0.3, 0.4) is 0 Å². The lowest BCUT2D eigenvalue weighted by Crippen LogP contribution is -2.24. The molecule has 0 spiro atoms. The van der Waals surface area contributed by atoms with Crippen LogP contribution in [-0.2, 0) is 6.54 Å². The topological polar surface area (TPSA) is 95.1 Å². The Morgan fingerprint density at radius 2 is 2.03 bits per heavy atom. The molecular formula is C20H15N3O4S2. The van der Waals surface area contributed by atoms with E-state index in [-0.39, 0.29) is 29.1 Å². The molecule has 0 atom stereocenters. The third-order valence-electron chi connectivity index (χ3n) is 4.61. The molecule has 0 unspecified atom stereocenters. The van der Waals surface area contributed by atoms with Crippen molar-refractivity contribution >= 4 is 44.4 Å². The lowest BCUT2D eigenvalue weighted by atomic mass is 10.1. The highest BCUT2D eigenvalue weighted by Crippen LogP contribution is 2.34. The summed E-state index contributed by atoms with van der Waals surface area (Å²) in [6.45, 7) is 3.37. The number of ketones is 1. The normalized spacial score (nSPS) is 11.1. The molecule has 0 radical (unpaired) electrons. The fraction of sp³-hybridized carbons (Fsp3) is 0.150. The Kier molecular flexibility index (Phi) is 4.85. The molecule has 0 saturated carbocycles. The molecule has 1 aromatic carbocycles. The van der Waals surface area contributed by atoms with E-state index in [1.54, 1.807) is 18.3 Å². The molecule has 0 fully saturated rings. The summed E-state index contributed by atoms with van der Waals surface area (Å²) in [7, 11) is 0. The second kappa shape index (κ2) is 7.34. The molecule has 146 valence electrons. The van der Waals surface area contributed by atoms with Gasteiger partial charge in [-0.25, -0.2) is 4.98 Å². The van der Waals surface area contributed by atoms with Gasteiger partial charge in [-0.15, -0.1) is 22.7 Å². The number of hydrogen-bond acceptors (Lipinski definition) is 7. The van der Waals surface area contributed by atoms with Crippen molar-refractivity contribution in [2.24, 2.45) is 0 Å². The maximum absolute atomic E-state index is 13.1. The summed E-state index contributed by atoms with van der Waals surface area (Å²) in [6, 6.07) is 8.28. The third-order valence-corrected chi connectivity index (χ3v) is 6.53. The minimum absolute atomic E-state index is 0.120. The standard InChI is InChI=1S/C20H15N3O4S2/c1-11-3-5-13(7-15(11)23(26)27)16(24)8-22-10-21-19-18(20(22)25)14(9-28-19)17-6-4-12(2)29-17/h3-7,9-10H,8H2,1-2H3. The number of hydrogen-bond donors (Lipinski definition) is 0. The van der Waals surface area contributed by atoms with Gasteiger partial charge in [-0.2, -0.15) is 0 Å². The highest BCUT2D eigenvalue weighted by molar-refractivity contribution is 7.19. The average molecular weight is 425 g/mol. The first-order chi connectivity index (χ1) is 13.8. The van der Waals surface area contributed by atoms with E-state index in [9.17, 15) is 19.7 Å². The van der Waals surface area contributed by atoms with E-state index in [1.807, 2.05) is 24.4 Å². The number of nitrogens with zero attached hydrogens (tertiary/aromatic N) is 3. The number of nitro benzene ring substituents is 1. The second-order valence-corrected chi connectivity index (χ2v) is 8.75. The maximum atomic E-state index is 13.1. The quantitative estimate of drug-likeness (QED) is 0.265. The molecule has 0 bridgehead atoms. The van der Waals surface area contributed by atoms with Crippen molar-refractivity contribution in [1.29, 1.82) is 0 Å². The van der Waals surface area contributed by atoms with E-state index in [0.29, 0.717) is 15.8 Å². The smallest absolute Gasteiger partial charge is 0.273 e. The summed E-state index contributed by atoms with van der Waals surface area (Å²) in [6.07, 6.45) is 1.35. The third kappa shape index (κ3) is 3.50. The summed E-state index contributed by atoms with van der Waals surface area (Å²) in [5.41, 5.74) is 1.06. The van der Waals surface area contributed by atoms with Gasteiger partial charge in [-0.05, 0) is 26.0 Å². The van der Waals surface area contributed by atoms with Crippen molar-refractivity contribution in [2.45, 2.75) is 20.4 Å². The number of carbonyl (C=O) groups is 1. The number of aromatic nitrogens is 2. The fourth-order valence-corrected chi connectivity index (χ4v) is 4.93. The van der Waals surface area contributed by atoms with Gasteiger partial charge in [0.2, 0.25) is 0 Å². The Balaban J connectivity index is 1.73. The van der Waals surface area contributed by atoms with Gasteiger partial charge in [0.05, 0.1) is 23.2 Å². The van der Waals surface area contributed by atoms with Gasteiger partial charge in [0.1, 0.15) is 4.83 Å². The lowest BCUT2D eigenvalue weighted by Gasteiger charge is -2.06. The van der Waals surface area contributed by atoms with Gasteiger partial charge in [0, 0.05) is 37.9 Å². The van der Waals surface area contributed by atoms with E-state index >= 15 is 0 Å². The van der Waals surface area contributed by atoms with Gasteiger partial charge in [-0.1, -0.05) is 12.1 Å². The monoisotopic (exact) mass is 425 g/mol. The first-order valence-electron chi connectivity index (χ1n) is 8.67. The lowest BCUT2D eigenvalue weighted by molar-refractivity contribution is -0.385. The number of aryl methyl sites for hydroxylation is 2. The highest BCUT2D eigenvalue weighted by atomic mass is 32.1. The van der Waals surface area contributed by atoms with Crippen LogP contribution in [0.5, 0.6) is 0 Å². The molecule has 3 heterocycles. The Bertz CT molecular complexity index is 1330. The van der Waals surface area contributed by atoms with Crippen LogP contribution in [0.25, 0.3) is 20.7 Å². The minimum atomic E-state index is -0.521. The predicted molar refractivity (Wildman–Crippen MR) is 114 cm³/mol. The first kappa shape index (κ1) is 19.2. The van der Waals surface area contributed by atoms with Crippen LogP contribution in [0.4, 0.5) is 5.69 Å². The molecular weight excluding hydrogens is 410 g/mol. The van der Waals surface area contributed by atoms with Gasteiger partial charge >= 0.3 is 0 Å². The zero-order chi connectivity index (χ0) is 20.7. The van der Waals surface area contributed by atoms with Crippen molar-refractivity contribution in [3.05, 3.63) is 78.5 Å². The number of benzene rings is 1. The van der Waals surface area contributed by atoms with E-state index in [0.717, 1.165) is 15.3 Å². The molecule has 3 aromatic heterocycles. The van der Waals surface area contributed by atoms with Crippen molar-refractivity contribution in [1.82, 2.24) is 9.55 Å². The van der Waals surface area contributed by atoms with E-state index in [1.165, 1.54) is 40.4 Å². The number of nitro groups is 1. The first-order valence-corrected chi connectivity index (χ1v) is 10.4. The van der Waals surface area contributed by atoms with Gasteiger partial charge in [0.25, 0.3) is 11.2 Å². The van der Waals surface area contributed by atoms with Crippen molar-refractivity contribution in [3.8, 4) is 10.4 Å². The molecule has 0 amide bonds. The molecule has 0 saturated heterocycles. The van der Waals surface area contributed by atoms with Crippen LogP contribution in [0, 0.1) is 24.0 Å². The van der Waals surface area contributed by atoms with E-state index in [2.05, 4.69) is 4.98 Å². The summed E-state index contributed by atoms with van der Waals surface area (Å²) < 4.78 is 1.26. The van der Waals surface area contributed by atoms with Gasteiger partial charge in [0.15, 0.2) is 5.78 Å². The Labute approximate surface area is 173 Å². The summed E-state index contributed by atoms with van der Waals surface area (Å²) in [4.78, 5) is 43.4. The Morgan fingerprint density at radius 3 is 2.72 bits per heavy atom. The summed E-state index contributed by atoms with van der Waals surface area (Å²) in [5, 5.41) is 13.5. The molecule has 0 aliphatic carbocycles. The fourth-order valence-electron chi connectivity index (χ4n) is 3.07. The van der Waals surface area contributed by atoms with Crippen LogP contribution >= 0.6 is 22.7 Å². The maximum Gasteiger partial charge on any atom is 0.273 e. The van der Waals surface area contributed by atoms with E-state index < -0.39 is 4.92 Å². The van der Waals surface area contributed by atoms with Crippen molar-refractivity contribution < 1.29 is 9.72 Å². The van der Waals surface area contributed by atoms with Crippen molar-refractivity contribution in [2.75, 3.05) is 0 Å². The Morgan fingerprint density at radius 1 is 1.24 bits per heavy atom. The summed E-state index contributed by atoms with van der Waals surface area (Å²) in [5.74, 6) is -0.389. The zero-order valence-corrected chi connectivity index (χ0v) is 17.2. The average Bonchev–Trinajstić information content (AvgIpc) is 3.30. The molecule has 9 heteroatoms. The van der Waals surface area contributed by atoms with Crippen LogP contribution in [0.1, 0.15) is 20.8 Å². The zero-order valence-electron chi connectivity index (χ0n) is 15.5. The SMILES string of the molecule is Cc1ccc(-c2csc3ncn(CC(=O)c4ccc(C)c([N+](=O)[O-])c4)c(=O)c23)s1. The van der Waals surface area contributed by atoms with Gasteiger partial charge in [-0.3, -0.25) is 24.3 Å².